The summed E-state index contributed by atoms with van der Waals surface area (Å²) in [5.41, 5.74) is 7.33. The van der Waals surface area contributed by atoms with Gasteiger partial charge in [0.25, 0.3) is 0 Å². The molecule has 0 atom stereocenters. The minimum Gasteiger partial charge on any atom is -0.495 e. The van der Waals surface area contributed by atoms with Crippen LogP contribution < -0.4 is 10.5 Å². The molecule has 1 aromatic heterocycles. The molecule has 0 spiro atoms. The van der Waals surface area contributed by atoms with E-state index in [1.165, 1.54) is 11.8 Å². The Hall–Kier alpha value is -1.75. The van der Waals surface area contributed by atoms with Gasteiger partial charge in [-0.3, -0.25) is 0 Å². The Bertz CT molecular complexity index is 531. The molecule has 2 N–H and O–H groups in total. The summed E-state index contributed by atoms with van der Waals surface area (Å²) in [6, 6.07) is 7.49. The number of hydrogen-bond acceptors (Lipinski definition) is 5. The van der Waals surface area contributed by atoms with Crippen LogP contribution in [0.5, 0.6) is 5.75 Å². The van der Waals surface area contributed by atoms with Crippen LogP contribution in [0.25, 0.3) is 0 Å². The van der Waals surface area contributed by atoms with Gasteiger partial charge in [0.05, 0.1) is 12.8 Å². The highest BCUT2D eigenvalue weighted by molar-refractivity contribution is 7.99. The van der Waals surface area contributed by atoms with Gasteiger partial charge < -0.3 is 10.5 Å². The lowest BCUT2D eigenvalue weighted by Gasteiger charge is -2.06. The standard InChI is InChI=1S/C12H13N3OS/c1-8-5-6-14-12(15-8)17-9-3-4-10(13)11(7-9)16-2/h3-7H,13H2,1-2H3. The molecule has 2 rings (SSSR count). The van der Waals surface area contributed by atoms with E-state index in [1.807, 2.05) is 31.2 Å². The predicted octanol–water partition coefficient (Wildman–Crippen LogP) is 2.53. The summed E-state index contributed by atoms with van der Waals surface area (Å²) in [6.45, 7) is 1.94. The molecule has 0 unspecified atom stereocenters. The number of nitrogen functional groups attached to an aromatic ring is 1. The maximum absolute atomic E-state index is 5.75. The molecular formula is C12H13N3OS. The van der Waals surface area contributed by atoms with Crippen molar-refractivity contribution >= 4 is 17.4 Å². The number of nitrogens with two attached hydrogens (primary N) is 1. The van der Waals surface area contributed by atoms with Crippen molar-refractivity contribution < 1.29 is 4.74 Å². The lowest BCUT2D eigenvalue weighted by atomic mass is 10.3. The number of aromatic nitrogens is 2. The third-order valence-corrected chi connectivity index (χ3v) is 3.06. The van der Waals surface area contributed by atoms with E-state index >= 15 is 0 Å². The molecule has 0 aliphatic carbocycles. The summed E-state index contributed by atoms with van der Waals surface area (Å²) in [4.78, 5) is 9.52. The van der Waals surface area contributed by atoms with E-state index in [1.54, 1.807) is 13.3 Å². The predicted molar refractivity (Wildman–Crippen MR) is 68.3 cm³/mol. The zero-order chi connectivity index (χ0) is 12.3. The van der Waals surface area contributed by atoms with Gasteiger partial charge in [0.2, 0.25) is 0 Å². The SMILES string of the molecule is COc1cc(Sc2nccc(C)n2)ccc1N. The second-order valence-corrected chi connectivity index (χ2v) is 4.53. The van der Waals surface area contributed by atoms with Gasteiger partial charge in [-0.1, -0.05) is 0 Å². The monoisotopic (exact) mass is 247 g/mol. The normalized spacial score (nSPS) is 10.2. The van der Waals surface area contributed by atoms with Gasteiger partial charge in [0, 0.05) is 16.8 Å². The van der Waals surface area contributed by atoms with Crippen LogP contribution in [0, 0.1) is 6.92 Å². The highest BCUT2D eigenvalue weighted by atomic mass is 32.2. The number of aryl methyl sites for hydroxylation is 1. The minimum atomic E-state index is 0.627. The minimum absolute atomic E-state index is 0.627. The van der Waals surface area contributed by atoms with Crippen molar-refractivity contribution in [3.63, 3.8) is 0 Å². The van der Waals surface area contributed by atoms with Crippen LogP contribution in [0.15, 0.2) is 40.5 Å². The average molecular weight is 247 g/mol. The van der Waals surface area contributed by atoms with Crippen molar-refractivity contribution in [3.05, 3.63) is 36.2 Å². The molecule has 88 valence electrons. The maximum Gasteiger partial charge on any atom is 0.192 e. The lowest BCUT2D eigenvalue weighted by molar-refractivity contribution is 0.416. The molecule has 0 fully saturated rings. The molecule has 17 heavy (non-hydrogen) atoms. The first-order valence-corrected chi connectivity index (χ1v) is 5.91. The van der Waals surface area contributed by atoms with E-state index in [9.17, 15) is 0 Å². The first-order valence-electron chi connectivity index (χ1n) is 5.10. The van der Waals surface area contributed by atoms with Crippen molar-refractivity contribution in [1.29, 1.82) is 0 Å². The Morgan fingerprint density at radius 3 is 2.82 bits per heavy atom. The Balaban J connectivity index is 2.24. The third kappa shape index (κ3) is 2.88. The molecule has 1 aromatic carbocycles. The summed E-state index contributed by atoms with van der Waals surface area (Å²) in [5.74, 6) is 0.669. The van der Waals surface area contributed by atoms with Crippen LogP contribution in [0.3, 0.4) is 0 Å². The van der Waals surface area contributed by atoms with E-state index in [0.29, 0.717) is 11.4 Å². The largest absolute Gasteiger partial charge is 0.495 e. The Morgan fingerprint density at radius 1 is 1.29 bits per heavy atom. The second kappa shape index (κ2) is 5.05. The molecule has 0 aliphatic heterocycles. The van der Waals surface area contributed by atoms with E-state index in [2.05, 4.69) is 9.97 Å². The van der Waals surface area contributed by atoms with Crippen LogP contribution >= 0.6 is 11.8 Å². The van der Waals surface area contributed by atoms with E-state index < -0.39 is 0 Å². The van der Waals surface area contributed by atoms with Gasteiger partial charge in [0.15, 0.2) is 5.16 Å². The summed E-state index contributed by atoms with van der Waals surface area (Å²) < 4.78 is 5.17. The van der Waals surface area contributed by atoms with Gasteiger partial charge in [-0.2, -0.15) is 0 Å². The summed E-state index contributed by atoms with van der Waals surface area (Å²) in [6.07, 6.45) is 1.75. The Morgan fingerprint density at radius 2 is 2.12 bits per heavy atom. The fraction of sp³-hybridized carbons (Fsp3) is 0.167. The quantitative estimate of drug-likeness (QED) is 0.667. The Kier molecular flexibility index (Phi) is 3.49. The van der Waals surface area contributed by atoms with E-state index in [4.69, 9.17) is 10.5 Å². The van der Waals surface area contributed by atoms with Crippen LogP contribution in [0.4, 0.5) is 5.69 Å². The molecule has 0 bridgehead atoms. The van der Waals surface area contributed by atoms with Crippen molar-refractivity contribution in [3.8, 4) is 5.75 Å². The second-order valence-electron chi connectivity index (χ2n) is 3.49. The third-order valence-electron chi connectivity index (χ3n) is 2.19. The highest BCUT2D eigenvalue weighted by Gasteiger charge is 2.04. The smallest absolute Gasteiger partial charge is 0.192 e. The molecule has 4 nitrogen and oxygen atoms in total. The molecule has 2 aromatic rings. The van der Waals surface area contributed by atoms with Crippen molar-refractivity contribution in [1.82, 2.24) is 9.97 Å². The number of rotatable bonds is 3. The molecule has 5 heteroatoms. The van der Waals surface area contributed by atoms with E-state index in [-0.39, 0.29) is 0 Å². The lowest BCUT2D eigenvalue weighted by Crippen LogP contribution is -1.92. The van der Waals surface area contributed by atoms with Gasteiger partial charge in [-0.25, -0.2) is 9.97 Å². The van der Waals surface area contributed by atoms with Crippen molar-refractivity contribution in [2.24, 2.45) is 0 Å². The number of methoxy groups -OCH3 is 1. The van der Waals surface area contributed by atoms with Gasteiger partial charge in [-0.05, 0) is 43.0 Å². The Labute approximate surface area is 104 Å². The van der Waals surface area contributed by atoms with Crippen LogP contribution in [0.1, 0.15) is 5.69 Å². The van der Waals surface area contributed by atoms with E-state index in [0.717, 1.165) is 15.7 Å². The maximum atomic E-state index is 5.75. The number of nitrogens with zero attached hydrogens (tertiary/aromatic N) is 2. The van der Waals surface area contributed by atoms with Crippen LogP contribution in [-0.2, 0) is 0 Å². The molecule has 0 saturated heterocycles. The first-order chi connectivity index (χ1) is 8.19. The summed E-state index contributed by atoms with van der Waals surface area (Å²) in [5, 5.41) is 0.719. The molecule has 0 aliphatic rings. The van der Waals surface area contributed by atoms with Crippen LogP contribution in [-0.4, -0.2) is 17.1 Å². The molecule has 0 amide bonds. The molecule has 1 heterocycles. The molecule has 0 saturated carbocycles. The number of benzene rings is 1. The summed E-state index contributed by atoms with van der Waals surface area (Å²) >= 11 is 1.48. The number of ether oxygens (including phenoxy) is 1. The van der Waals surface area contributed by atoms with Gasteiger partial charge >= 0.3 is 0 Å². The van der Waals surface area contributed by atoms with Crippen LogP contribution in [0.2, 0.25) is 0 Å². The van der Waals surface area contributed by atoms with Crippen molar-refractivity contribution in [2.45, 2.75) is 17.0 Å². The first kappa shape index (κ1) is 11.7. The zero-order valence-corrected chi connectivity index (χ0v) is 10.5. The van der Waals surface area contributed by atoms with Gasteiger partial charge in [-0.15, -0.1) is 0 Å². The fourth-order valence-electron chi connectivity index (χ4n) is 1.34. The molecule has 0 radical (unpaired) electrons. The highest BCUT2D eigenvalue weighted by Crippen LogP contribution is 2.31. The number of anilines is 1. The number of hydrogen-bond donors (Lipinski definition) is 1. The van der Waals surface area contributed by atoms with Crippen molar-refractivity contribution in [2.75, 3.05) is 12.8 Å². The summed E-state index contributed by atoms with van der Waals surface area (Å²) in [7, 11) is 1.60. The topological polar surface area (TPSA) is 61.0 Å². The van der Waals surface area contributed by atoms with Gasteiger partial charge in [0.1, 0.15) is 5.75 Å². The molecular weight excluding hydrogens is 234 g/mol. The fourth-order valence-corrected chi connectivity index (χ4v) is 2.15. The zero-order valence-electron chi connectivity index (χ0n) is 9.68. The average Bonchev–Trinajstić information content (AvgIpc) is 2.32.